The number of para-hydroxylation sites is 2. The average Bonchev–Trinajstić information content (AvgIpc) is 3.01. The lowest BCUT2D eigenvalue weighted by Gasteiger charge is -2.29. The molecule has 3 N–H and O–H groups in total. The van der Waals surface area contributed by atoms with E-state index in [4.69, 9.17) is 15.2 Å². The van der Waals surface area contributed by atoms with Crippen molar-refractivity contribution in [1.29, 1.82) is 0 Å². The van der Waals surface area contributed by atoms with E-state index in [0.717, 1.165) is 31.0 Å². The lowest BCUT2D eigenvalue weighted by Crippen LogP contribution is -2.48. The highest BCUT2D eigenvalue weighted by Crippen LogP contribution is 2.31. The van der Waals surface area contributed by atoms with Gasteiger partial charge < -0.3 is 20.5 Å². The average molecular weight is 333 g/mol. The predicted octanol–water partition coefficient (Wildman–Crippen LogP) is 1.00. The van der Waals surface area contributed by atoms with Gasteiger partial charge in [0.2, 0.25) is 5.91 Å². The minimum Gasteiger partial charge on any atom is -0.486 e. The van der Waals surface area contributed by atoms with Crippen molar-refractivity contribution in [3.8, 4) is 11.5 Å². The number of ether oxygens (including phenoxy) is 2. The predicted molar refractivity (Wildman–Crippen MR) is 92.2 cm³/mol. The second kappa shape index (κ2) is 6.99. The molecule has 1 amide bonds. The summed E-state index contributed by atoms with van der Waals surface area (Å²) in [7, 11) is 0. The molecule has 1 aromatic rings. The second-order valence-electron chi connectivity index (χ2n) is 7.15. The maximum absolute atomic E-state index is 12.4. The van der Waals surface area contributed by atoms with Crippen molar-refractivity contribution in [3.05, 3.63) is 24.3 Å². The molecular weight excluding hydrogens is 306 g/mol. The minimum atomic E-state index is -0.163. The van der Waals surface area contributed by atoms with Crippen LogP contribution in [0.5, 0.6) is 11.5 Å². The third-order valence-corrected chi connectivity index (χ3v) is 5.08. The molecule has 0 aromatic heterocycles. The van der Waals surface area contributed by atoms with Crippen LogP contribution in [0.3, 0.4) is 0 Å². The Morgan fingerprint density at radius 1 is 1.46 bits per heavy atom. The van der Waals surface area contributed by atoms with Crippen LogP contribution in [0.2, 0.25) is 0 Å². The van der Waals surface area contributed by atoms with Crippen LogP contribution < -0.4 is 20.5 Å². The number of fused-ring (bicyclic) bond motifs is 1. The third kappa shape index (κ3) is 3.65. The molecule has 132 valence electrons. The highest BCUT2D eigenvalue weighted by atomic mass is 16.6. The summed E-state index contributed by atoms with van der Waals surface area (Å²) in [6.45, 7) is 7.46. The van der Waals surface area contributed by atoms with Crippen molar-refractivity contribution in [3.63, 3.8) is 0 Å². The molecule has 6 nitrogen and oxygen atoms in total. The fraction of sp³-hybridized carbons (Fsp3) is 0.611. The standard InChI is InChI=1S/C18H27N3O3/c1-13(21-8-7-18(2,11-19)12-21)17(22)20-9-14-10-23-15-5-3-4-6-16(15)24-14/h3-6,13-14H,7-12,19H2,1-2H3,(H,20,22). The van der Waals surface area contributed by atoms with E-state index < -0.39 is 0 Å². The van der Waals surface area contributed by atoms with E-state index in [1.807, 2.05) is 31.2 Å². The summed E-state index contributed by atoms with van der Waals surface area (Å²) >= 11 is 0. The van der Waals surface area contributed by atoms with Crippen molar-refractivity contribution in [2.45, 2.75) is 32.4 Å². The van der Waals surface area contributed by atoms with Crippen LogP contribution in [0.1, 0.15) is 20.3 Å². The van der Waals surface area contributed by atoms with E-state index in [1.165, 1.54) is 0 Å². The molecule has 1 aromatic carbocycles. The van der Waals surface area contributed by atoms with Crippen LogP contribution in [-0.2, 0) is 4.79 Å². The first-order chi connectivity index (χ1) is 11.5. The smallest absolute Gasteiger partial charge is 0.237 e. The Kier molecular flexibility index (Phi) is 4.96. The first-order valence-electron chi connectivity index (χ1n) is 8.61. The maximum Gasteiger partial charge on any atom is 0.237 e. The molecule has 24 heavy (non-hydrogen) atoms. The fourth-order valence-corrected chi connectivity index (χ4v) is 3.25. The largest absolute Gasteiger partial charge is 0.486 e. The molecule has 2 aliphatic heterocycles. The summed E-state index contributed by atoms with van der Waals surface area (Å²) < 4.78 is 11.5. The van der Waals surface area contributed by atoms with E-state index in [9.17, 15) is 4.79 Å². The monoisotopic (exact) mass is 333 g/mol. The van der Waals surface area contributed by atoms with Gasteiger partial charge in [-0.15, -0.1) is 0 Å². The van der Waals surface area contributed by atoms with Crippen molar-refractivity contribution >= 4 is 5.91 Å². The van der Waals surface area contributed by atoms with Gasteiger partial charge in [-0.05, 0) is 44.0 Å². The van der Waals surface area contributed by atoms with E-state index in [2.05, 4.69) is 17.1 Å². The number of nitrogens with two attached hydrogens (primary N) is 1. The molecule has 0 aliphatic carbocycles. The molecule has 2 heterocycles. The second-order valence-corrected chi connectivity index (χ2v) is 7.15. The minimum absolute atomic E-state index is 0.0266. The normalized spacial score (nSPS) is 27.7. The van der Waals surface area contributed by atoms with Gasteiger partial charge in [0.05, 0.1) is 12.6 Å². The summed E-state index contributed by atoms with van der Waals surface area (Å²) in [5, 5.41) is 2.99. The van der Waals surface area contributed by atoms with Crippen LogP contribution >= 0.6 is 0 Å². The molecule has 6 heteroatoms. The number of benzene rings is 1. The first-order valence-corrected chi connectivity index (χ1v) is 8.61. The zero-order valence-corrected chi connectivity index (χ0v) is 14.5. The zero-order valence-electron chi connectivity index (χ0n) is 14.5. The molecule has 2 aliphatic rings. The number of nitrogens with zero attached hydrogens (tertiary/aromatic N) is 1. The van der Waals surface area contributed by atoms with Crippen molar-refractivity contribution in [2.75, 3.05) is 32.8 Å². The molecule has 1 saturated heterocycles. The summed E-state index contributed by atoms with van der Waals surface area (Å²) in [5.41, 5.74) is 5.97. The number of likely N-dealkylation sites (tertiary alicyclic amines) is 1. The van der Waals surface area contributed by atoms with Crippen LogP contribution in [0, 0.1) is 5.41 Å². The van der Waals surface area contributed by atoms with Gasteiger partial charge in [-0.25, -0.2) is 0 Å². The van der Waals surface area contributed by atoms with Gasteiger partial charge in [-0.3, -0.25) is 9.69 Å². The Morgan fingerprint density at radius 3 is 2.92 bits per heavy atom. The molecular formula is C18H27N3O3. The van der Waals surface area contributed by atoms with E-state index in [-0.39, 0.29) is 23.5 Å². The van der Waals surface area contributed by atoms with Crippen LogP contribution in [-0.4, -0.2) is 55.7 Å². The number of carbonyl (C=O) groups excluding carboxylic acids is 1. The number of hydrogen-bond donors (Lipinski definition) is 2. The Bertz CT molecular complexity index is 595. The molecule has 3 atom stereocenters. The van der Waals surface area contributed by atoms with Gasteiger partial charge in [0, 0.05) is 6.54 Å². The van der Waals surface area contributed by atoms with Gasteiger partial charge in [-0.2, -0.15) is 0 Å². The Balaban J connectivity index is 1.48. The molecule has 1 fully saturated rings. The fourth-order valence-electron chi connectivity index (χ4n) is 3.25. The van der Waals surface area contributed by atoms with Gasteiger partial charge in [0.1, 0.15) is 12.7 Å². The number of carbonyl (C=O) groups is 1. The van der Waals surface area contributed by atoms with Crippen LogP contribution in [0.4, 0.5) is 0 Å². The Labute approximate surface area is 143 Å². The summed E-state index contributed by atoms with van der Waals surface area (Å²) in [5.74, 6) is 1.51. The zero-order chi connectivity index (χ0) is 17.2. The SMILES string of the molecule is CC(C(=O)NCC1COc2ccccc2O1)N1CCC(C)(CN)C1. The molecule has 3 unspecified atom stereocenters. The van der Waals surface area contributed by atoms with Gasteiger partial charge in [0.15, 0.2) is 11.5 Å². The quantitative estimate of drug-likeness (QED) is 0.841. The third-order valence-electron chi connectivity index (χ3n) is 5.08. The topological polar surface area (TPSA) is 76.8 Å². The Morgan fingerprint density at radius 2 is 2.21 bits per heavy atom. The molecule has 0 saturated carbocycles. The van der Waals surface area contributed by atoms with Crippen LogP contribution in [0.25, 0.3) is 0 Å². The van der Waals surface area contributed by atoms with Crippen molar-refractivity contribution < 1.29 is 14.3 Å². The summed E-state index contributed by atoms with van der Waals surface area (Å²) in [6.07, 6.45) is 0.876. The van der Waals surface area contributed by atoms with E-state index in [0.29, 0.717) is 19.7 Å². The molecule has 0 radical (unpaired) electrons. The lowest BCUT2D eigenvalue weighted by atomic mass is 9.90. The van der Waals surface area contributed by atoms with Gasteiger partial charge >= 0.3 is 0 Å². The maximum atomic E-state index is 12.4. The number of hydrogen-bond acceptors (Lipinski definition) is 5. The number of nitrogens with one attached hydrogen (secondary N) is 1. The van der Waals surface area contributed by atoms with Gasteiger partial charge in [-0.1, -0.05) is 19.1 Å². The first kappa shape index (κ1) is 17.0. The van der Waals surface area contributed by atoms with Crippen molar-refractivity contribution in [2.24, 2.45) is 11.1 Å². The highest BCUT2D eigenvalue weighted by molar-refractivity contribution is 5.81. The lowest BCUT2D eigenvalue weighted by molar-refractivity contribution is -0.126. The number of rotatable bonds is 5. The molecule has 0 bridgehead atoms. The summed E-state index contributed by atoms with van der Waals surface area (Å²) in [6, 6.07) is 7.43. The molecule has 0 spiro atoms. The number of amides is 1. The Hall–Kier alpha value is -1.79. The highest BCUT2D eigenvalue weighted by Gasteiger charge is 2.36. The van der Waals surface area contributed by atoms with Crippen molar-refractivity contribution in [1.82, 2.24) is 10.2 Å². The van der Waals surface area contributed by atoms with E-state index >= 15 is 0 Å². The summed E-state index contributed by atoms with van der Waals surface area (Å²) in [4.78, 5) is 14.6. The van der Waals surface area contributed by atoms with Crippen LogP contribution in [0.15, 0.2) is 24.3 Å². The molecule has 3 rings (SSSR count). The van der Waals surface area contributed by atoms with E-state index in [1.54, 1.807) is 0 Å². The van der Waals surface area contributed by atoms with Gasteiger partial charge in [0.25, 0.3) is 0 Å².